The monoisotopic (exact) mass is 1150 g/mol. The molecule has 0 spiro atoms. The molecular weight excluding hydrogens is 1070 g/mol. The second kappa shape index (κ2) is 28.5. The van der Waals surface area contributed by atoms with Crippen LogP contribution in [0.4, 0.5) is 0 Å². The highest BCUT2D eigenvalue weighted by atomic mass is 16.8. The number of ether oxygens (including phenoxy) is 15. The molecule has 0 aromatic carbocycles. The van der Waals surface area contributed by atoms with Gasteiger partial charge in [-0.1, -0.05) is 0 Å². The van der Waals surface area contributed by atoms with Crippen molar-refractivity contribution in [2.75, 3.05) is 59.5 Å². The van der Waals surface area contributed by atoms with Crippen LogP contribution in [0.5, 0.6) is 0 Å². The summed E-state index contributed by atoms with van der Waals surface area (Å²) in [6.07, 6.45) is -60.4. The molecule has 456 valence electrons. The van der Waals surface area contributed by atoms with E-state index in [-0.39, 0.29) is 0 Å². The Morgan fingerprint density at radius 2 is 0.449 bits per heavy atom. The van der Waals surface area contributed by atoms with Gasteiger partial charge in [-0.15, -0.1) is 0 Å². The molecule has 33 nitrogen and oxygen atoms in total. The van der Waals surface area contributed by atoms with Crippen molar-refractivity contribution in [3.8, 4) is 0 Å². The highest BCUT2D eigenvalue weighted by Gasteiger charge is 2.59. The number of rotatable bonds is 15. The topological polar surface area (TPSA) is 503 Å². The number of aliphatic hydroxyl groups is 18. The van der Waals surface area contributed by atoms with Crippen molar-refractivity contribution in [3.05, 3.63) is 0 Å². The number of hydrogen-bond donors (Lipinski definition) is 18. The summed E-state index contributed by atoms with van der Waals surface area (Å²) in [7, 11) is 0. The lowest BCUT2D eigenvalue weighted by atomic mass is 9.94. The molecule has 22 aliphatic rings. The first-order valence-electron chi connectivity index (χ1n) is 25.6. The van der Waals surface area contributed by atoms with E-state index in [1.54, 1.807) is 0 Å². The van der Waals surface area contributed by atoms with E-state index in [9.17, 15) is 91.9 Å². The van der Waals surface area contributed by atoms with Crippen molar-refractivity contribution >= 4 is 0 Å². The predicted octanol–water partition coefficient (Wildman–Crippen LogP) is -11.8. The fraction of sp³-hybridized carbons (Fsp3) is 1.00. The Hall–Kier alpha value is -1.32. The summed E-state index contributed by atoms with van der Waals surface area (Å²) in [4.78, 5) is 0. The maximum atomic E-state index is 12.0. The molecular formula is C45H78O33. The summed E-state index contributed by atoms with van der Waals surface area (Å²) < 4.78 is 88.8. The van der Waals surface area contributed by atoms with Gasteiger partial charge in [0.2, 0.25) is 0 Å². The van der Waals surface area contributed by atoms with Gasteiger partial charge in [0.25, 0.3) is 0 Å². The fourth-order valence-corrected chi connectivity index (χ4v) is 10.2. The zero-order valence-corrected chi connectivity index (χ0v) is 42.6. The molecule has 22 aliphatic heterocycles. The summed E-state index contributed by atoms with van der Waals surface area (Å²) in [6, 6.07) is 0. The average molecular weight is 1150 g/mol. The van der Waals surface area contributed by atoms with Crippen LogP contribution in [0.3, 0.4) is 0 Å². The molecule has 12 bridgehead atoms. The van der Waals surface area contributed by atoms with Crippen molar-refractivity contribution in [2.45, 2.75) is 223 Å². The van der Waals surface area contributed by atoms with Gasteiger partial charge in [0.05, 0.1) is 77.8 Å². The second-order valence-corrected chi connectivity index (χ2v) is 20.3. The van der Waals surface area contributed by atoms with Crippen molar-refractivity contribution in [2.24, 2.45) is 0 Å². The second-order valence-electron chi connectivity index (χ2n) is 20.3. The first kappa shape index (κ1) is 64.2. The first-order valence-corrected chi connectivity index (χ1v) is 25.6. The van der Waals surface area contributed by atoms with E-state index in [0.29, 0.717) is 0 Å². The van der Waals surface area contributed by atoms with Crippen LogP contribution in [0.15, 0.2) is 0 Å². The summed E-state index contributed by atoms with van der Waals surface area (Å²) in [5, 5.41) is 199. The van der Waals surface area contributed by atoms with E-state index >= 15 is 0 Å². The Balaban J connectivity index is 1.27. The van der Waals surface area contributed by atoms with Crippen LogP contribution in [-0.2, 0) is 71.1 Å². The van der Waals surface area contributed by atoms with Crippen molar-refractivity contribution < 1.29 is 163 Å². The van der Waals surface area contributed by atoms with Crippen LogP contribution >= 0.6 is 0 Å². The Morgan fingerprint density at radius 3 is 0.641 bits per heavy atom. The molecule has 33 atom stereocenters. The van der Waals surface area contributed by atoms with Gasteiger partial charge < -0.3 is 163 Å². The van der Waals surface area contributed by atoms with Gasteiger partial charge in [0, 0.05) is 0 Å². The molecule has 22 rings (SSSR count). The van der Waals surface area contributed by atoms with E-state index in [0.717, 1.165) is 0 Å². The minimum absolute atomic E-state index is 0.525. The molecule has 0 aromatic rings. The van der Waals surface area contributed by atoms with Crippen molar-refractivity contribution in [1.82, 2.24) is 0 Å². The van der Waals surface area contributed by atoms with Gasteiger partial charge in [-0.25, -0.2) is 0 Å². The summed E-state index contributed by atoms with van der Waals surface area (Å²) >= 11 is 0. The molecule has 78 heavy (non-hydrogen) atoms. The van der Waals surface area contributed by atoms with Gasteiger partial charge in [0.15, 0.2) is 37.7 Å². The normalized spacial score (nSPS) is 50.0. The standard InChI is InChI=1S/C45H78O33/c1-13(52)10-64-37-28(61)43-70-20(8-50)35(37)77-45-30(63)39(66-12-15(3)54)36(21(9-51)72-45)78-44-29(62)38(65-11-14(2)53)34(19(7-49)71-44)76-42-27(60)24(57)32(17(5-47)69-42)74-40-25(58)22(55)31(16(4-46)67-40)73-41-26(59)23(56)33(75-43)18(6-48)68-41/h13-63H,4-12H2,1-3H3/t13?,14?,15?,16-,17-,18-,19-,20-,21-,22-,23-,24-,25-,26-,27-,28-,29-,30-,31-,32-,33-,34+,35+,36+,37-,38-,39-,40-,41-,42-,43-,44-,45-/m1/s1. The third kappa shape index (κ3) is 14.1. The molecule has 0 aromatic heterocycles. The van der Waals surface area contributed by atoms with Gasteiger partial charge in [-0.05, 0) is 20.8 Å². The lowest BCUT2D eigenvalue weighted by Gasteiger charge is -2.51. The summed E-state index contributed by atoms with van der Waals surface area (Å²) in [6.45, 7) is -3.56. The minimum atomic E-state index is -2.17. The van der Waals surface area contributed by atoms with Crippen LogP contribution < -0.4 is 0 Å². The minimum Gasteiger partial charge on any atom is -0.394 e. The molecule has 3 unspecified atom stereocenters. The Kier molecular flexibility index (Phi) is 23.5. The van der Waals surface area contributed by atoms with Gasteiger partial charge in [0.1, 0.15) is 146 Å². The molecule has 33 heteroatoms. The zero-order chi connectivity index (χ0) is 57.0. The summed E-state index contributed by atoms with van der Waals surface area (Å²) in [5.74, 6) is 0. The zero-order valence-electron chi connectivity index (χ0n) is 42.6. The lowest BCUT2D eigenvalue weighted by Crippen LogP contribution is -2.69. The van der Waals surface area contributed by atoms with E-state index in [1.165, 1.54) is 20.8 Å². The van der Waals surface area contributed by atoms with Crippen LogP contribution in [0, 0.1) is 0 Å². The molecule has 22 fully saturated rings. The average Bonchev–Trinajstić information content (AvgIpc) is 3.54. The maximum Gasteiger partial charge on any atom is 0.187 e. The van der Waals surface area contributed by atoms with Crippen molar-refractivity contribution in [1.29, 1.82) is 0 Å². The maximum absolute atomic E-state index is 12.0. The van der Waals surface area contributed by atoms with Crippen molar-refractivity contribution in [3.63, 3.8) is 0 Å². The Morgan fingerprint density at radius 1 is 0.269 bits per heavy atom. The molecule has 22 saturated heterocycles. The van der Waals surface area contributed by atoms with Crippen LogP contribution in [-0.4, -0.2) is 354 Å². The van der Waals surface area contributed by atoms with Gasteiger partial charge >= 0.3 is 0 Å². The van der Waals surface area contributed by atoms with E-state index in [2.05, 4.69) is 0 Å². The Bertz CT molecular complexity index is 1760. The van der Waals surface area contributed by atoms with Crippen LogP contribution in [0.25, 0.3) is 0 Å². The van der Waals surface area contributed by atoms with Gasteiger partial charge in [-0.2, -0.15) is 0 Å². The SMILES string of the molecule is CC(O)CO[C@@H]1[C@@H](O)[C@H]2O[C@@H]3[C@H](OCC(C)O)[C@@H](O)[C@@H](O[C@@H]4[C@H](OCC(C)O)[C@@H](O)[C@@H](O[C@H]5[C@H](O)[C@@H](O)[C@@H](O[C@H]6[C@H](O)[C@@H](O)[C@@H](O[C@H]7[C@H](O)[C@@H](O)[C@@H](O[C@H]1[C@@H](CO)O2)O[C@@H]7CO)O[C@@H]6CO)O[C@@H]5CO)O[C@@H]4CO)O[C@@H]3CO. The number of aliphatic hydroxyl groups excluding tert-OH is 18. The molecule has 0 aliphatic carbocycles. The third-order valence-corrected chi connectivity index (χ3v) is 14.2. The highest BCUT2D eigenvalue weighted by molar-refractivity contribution is 5.02. The smallest absolute Gasteiger partial charge is 0.187 e. The number of hydrogen-bond acceptors (Lipinski definition) is 33. The summed E-state index contributed by atoms with van der Waals surface area (Å²) in [5.41, 5.74) is 0. The first-order chi connectivity index (χ1) is 37.1. The molecule has 22 heterocycles. The van der Waals surface area contributed by atoms with E-state index in [4.69, 9.17) is 71.1 Å². The fourth-order valence-electron chi connectivity index (χ4n) is 10.2. The van der Waals surface area contributed by atoms with E-state index in [1.807, 2.05) is 0 Å². The largest absolute Gasteiger partial charge is 0.394 e. The quantitative estimate of drug-likeness (QED) is 0.0724. The predicted molar refractivity (Wildman–Crippen MR) is 242 cm³/mol. The van der Waals surface area contributed by atoms with E-state index < -0.39 is 262 Å². The third-order valence-electron chi connectivity index (χ3n) is 14.2. The molecule has 0 radical (unpaired) electrons. The van der Waals surface area contributed by atoms with Crippen LogP contribution in [0.2, 0.25) is 0 Å². The van der Waals surface area contributed by atoms with Gasteiger partial charge in [-0.3, -0.25) is 0 Å². The highest BCUT2D eigenvalue weighted by Crippen LogP contribution is 2.39. The van der Waals surface area contributed by atoms with Crippen LogP contribution in [0.1, 0.15) is 20.8 Å². The Labute approximate surface area is 445 Å². The lowest BCUT2D eigenvalue weighted by molar-refractivity contribution is -0.407. The molecule has 0 amide bonds. The molecule has 0 saturated carbocycles. The molecule has 18 N–H and O–H groups in total.